The highest BCUT2D eigenvalue weighted by Crippen LogP contribution is 2.35. The molecule has 0 aromatic heterocycles. The van der Waals surface area contributed by atoms with E-state index in [1.54, 1.807) is 25.1 Å². The molecule has 2 aromatic rings. The summed E-state index contributed by atoms with van der Waals surface area (Å²) in [6.07, 6.45) is 0. The van der Waals surface area contributed by atoms with Gasteiger partial charge >= 0.3 is 0 Å². The van der Waals surface area contributed by atoms with E-state index in [1.807, 2.05) is 4.90 Å². The molecule has 0 saturated carbocycles. The number of hydrogen-bond acceptors (Lipinski definition) is 4. The summed E-state index contributed by atoms with van der Waals surface area (Å²) < 4.78 is 19.9. The predicted octanol–water partition coefficient (Wildman–Crippen LogP) is 3.03. The van der Waals surface area contributed by atoms with Crippen LogP contribution in [0.2, 0.25) is 0 Å². The number of aryl methyl sites for hydroxylation is 1. The summed E-state index contributed by atoms with van der Waals surface area (Å²) in [6, 6.07) is 6.33. The average molecular weight is 290 g/mol. The van der Waals surface area contributed by atoms with Gasteiger partial charge in [-0.1, -0.05) is 12.1 Å². The first kappa shape index (κ1) is 13.8. The van der Waals surface area contributed by atoms with Gasteiger partial charge in [-0.2, -0.15) is 0 Å². The van der Waals surface area contributed by atoms with Gasteiger partial charge in [0.25, 0.3) is 5.69 Å². The third-order valence-corrected chi connectivity index (χ3v) is 3.87. The van der Waals surface area contributed by atoms with E-state index >= 15 is 0 Å². The number of nitro groups is 1. The number of anilines is 1. The largest absolute Gasteiger partial charge is 0.378 e. The number of hydrogen-bond donors (Lipinski definition) is 0. The number of morpholine rings is 1. The van der Waals surface area contributed by atoms with Gasteiger partial charge in [0, 0.05) is 19.2 Å². The van der Waals surface area contributed by atoms with E-state index in [4.69, 9.17) is 4.74 Å². The Morgan fingerprint density at radius 2 is 2.00 bits per heavy atom. The number of benzene rings is 2. The molecule has 0 spiro atoms. The summed E-state index contributed by atoms with van der Waals surface area (Å²) in [5, 5.41) is 12.2. The lowest BCUT2D eigenvalue weighted by Gasteiger charge is -2.29. The molecule has 1 heterocycles. The van der Waals surface area contributed by atoms with Crippen LogP contribution in [-0.4, -0.2) is 31.2 Å². The lowest BCUT2D eigenvalue weighted by Crippen LogP contribution is -2.36. The molecule has 0 amide bonds. The van der Waals surface area contributed by atoms with Crippen molar-refractivity contribution in [2.24, 2.45) is 0 Å². The molecule has 0 aliphatic carbocycles. The third-order valence-electron chi connectivity index (χ3n) is 3.87. The second kappa shape index (κ2) is 5.29. The van der Waals surface area contributed by atoms with Crippen LogP contribution in [-0.2, 0) is 4.74 Å². The third kappa shape index (κ3) is 2.31. The van der Waals surface area contributed by atoms with Gasteiger partial charge in [-0.25, -0.2) is 4.39 Å². The van der Waals surface area contributed by atoms with Crippen molar-refractivity contribution in [2.45, 2.75) is 6.92 Å². The summed E-state index contributed by atoms with van der Waals surface area (Å²) in [6.45, 7) is 3.90. The van der Waals surface area contributed by atoms with Crippen molar-refractivity contribution in [2.75, 3.05) is 31.2 Å². The number of halogens is 1. The highest BCUT2D eigenvalue weighted by molar-refractivity contribution is 5.96. The van der Waals surface area contributed by atoms with Crippen molar-refractivity contribution < 1.29 is 14.1 Å². The molecule has 0 unspecified atom stereocenters. The molecule has 5 nitrogen and oxygen atoms in total. The lowest BCUT2D eigenvalue weighted by molar-refractivity contribution is -0.383. The Kier molecular flexibility index (Phi) is 3.47. The monoisotopic (exact) mass is 290 g/mol. The fourth-order valence-corrected chi connectivity index (χ4v) is 2.74. The summed E-state index contributed by atoms with van der Waals surface area (Å²) in [5.41, 5.74) is 0.861. The van der Waals surface area contributed by atoms with Crippen LogP contribution >= 0.6 is 0 Å². The van der Waals surface area contributed by atoms with E-state index in [0.29, 0.717) is 48.3 Å². The van der Waals surface area contributed by atoms with Crippen LogP contribution in [0.1, 0.15) is 5.56 Å². The van der Waals surface area contributed by atoms with Crippen LogP contribution in [0.25, 0.3) is 10.8 Å². The maximum absolute atomic E-state index is 14.6. The van der Waals surface area contributed by atoms with Crippen LogP contribution in [0, 0.1) is 22.9 Å². The van der Waals surface area contributed by atoms with E-state index in [2.05, 4.69) is 0 Å². The summed E-state index contributed by atoms with van der Waals surface area (Å²) in [4.78, 5) is 12.6. The number of rotatable bonds is 2. The summed E-state index contributed by atoms with van der Waals surface area (Å²) >= 11 is 0. The minimum absolute atomic E-state index is 0.00473. The average Bonchev–Trinajstić information content (AvgIpc) is 2.51. The first-order chi connectivity index (χ1) is 10.1. The van der Waals surface area contributed by atoms with E-state index in [9.17, 15) is 14.5 Å². The molecule has 6 heteroatoms. The Hall–Kier alpha value is -2.21. The molecule has 1 fully saturated rings. The Labute approximate surface area is 121 Å². The van der Waals surface area contributed by atoms with Crippen LogP contribution in [0.4, 0.5) is 15.8 Å². The number of ether oxygens (including phenoxy) is 1. The van der Waals surface area contributed by atoms with E-state index in [1.165, 1.54) is 6.07 Å². The number of non-ortho nitro benzene ring substituents is 1. The van der Waals surface area contributed by atoms with Crippen molar-refractivity contribution in [3.05, 3.63) is 45.8 Å². The second-order valence-electron chi connectivity index (χ2n) is 5.06. The van der Waals surface area contributed by atoms with Gasteiger partial charge in [0.15, 0.2) is 0 Å². The maximum atomic E-state index is 14.6. The zero-order valence-electron chi connectivity index (χ0n) is 11.6. The molecule has 1 aliphatic rings. The van der Waals surface area contributed by atoms with E-state index in [0.717, 1.165) is 0 Å². The number of nitrogens with zero attached hydrogens (tertiary/aromatic N) is 2. The van der Waals surface area contributed by atoms with Gasteiger partial charge in [0.1, 0.15) is 5.82 Å². The topological polar surface area (TPSA) is 55.6 Å². The zero-order valence-corrected chi connectivity index (χ0v) is 11.6. The molecule has 21 heavy (non-hydrogen) atoms. The molecule has 1 aliphatic heterocycles. The van der Waals surface area contributed by atoms with E-state index < -0.39 is 4.92 Å². The molecular formula is C15H15FN2O3. The van der Waals surface area contributed by atoms with Crippen LogP contribution in [0.3, 0.4) is 0 Å². The Bertz CT molecular complexity index is 712. The molecule has 0 N–H and O–H groups in total. The van der Waals surface area contributed by atoms with Gasteiger partial charge in [-0.15, -0.1) is 0 Å². The molecule has 110 valence electrons. The quantitative estimate of drug-likeness (QED) is 0.630. The number of nitro benzene ring substituents is 1. The fraction of sp³-hybridized carbons (Fsp3) is 0.333. The summed E-state index contributed by atoms with van der Waals surface area (Å²) in [7, 11) is 0. The lowest BCUT2D eigenvalue weighted by atomic mass is 10.0. The maximum Gasteiger partial charge on any atom is 0.277 e. The van der Waals surface area contributed by atoms with Gasteiger partial charge < -0.3 is 9.64 Å². The van der Waals surface area contributed by atoms with Gasteiger partial charge in [0.05, 0.1) is 29.2 Å². The first-order valence-corrected chi connectivity index (χ1v) is 6.78. The first-order valence-electron chi connectivity index (χ1n) is 6.78. The second-order valence-corrected chi connectivity index (χ2v) is 5.06. The number of fused-ring (bicyclic) bond motifs is 1. The van der Waals surface area contributed by atoms with Crippen LogP contribution in [0.15, 0.2) is 24.3 Å². The molecule has 3 rings (SSSR count). The highest BCUT2D eigenvalue weighted by Gasteiger charge is 2.21. The van der Waals surface area contributed by atoms with Crippen molar-refractivity contribution in [1.29, 1.82) is 0 Å². The Morgan fingerprint density at radius 1 is 1.29 bits per heavy atom. The van der Waals surface area contributed by atoms with E-state index in [-0.39, 0.29) is 11.5 Å². The van der Waals surface area contributed by atoms with Crippen molar-refractivity contribution in [1.82, 2.24) is 0 Å². The molecular weight excluding hydrogens is 275 g/mol. The standard InChI is InChI=1S/C15H15FN2O3/c1-10-11-3-2-4-13(18(19)20)12(11)9-14(15(10)16)17-5-7-21-8-6-17/h2-4,9H,5-8H2,1H3. The van der Waals surface area contributed by atoms with Gasteiger partial charge in [-0.05, 0) is 23.9 Å². The highest BCUT2D eigenvalue weighted by atomic mass is 19.1. The van der Waals surface area contributed by atoms with Crippen molar-refractivity contribution in [3.63, 3.8) is 0 Å². The minimum atomic E-state index is -0.428. The SMILES string of the molecule is Cc1c(F)c(N2CCOCC2)cc2c([N+](=O)[O-])cccc12. The van der Waals surface area contributed by atoms with Crippen LogP contribution < -0.4 is 4.90 Å². The van der Waals surface area contributed by atoms with Crippen molar-refractivity contribution in [3.8, 4) is 0 Å². The van der Waals surface area contributed by atoms with Gasteiger partial charge in [0.2, 0.25) is 0 Å². The van der Waals surface area contributed by atoms with Crippen LogP contribution in [0.5, 0.6) is 0 Å². The van der Waals surface area contributed by atoms with Crippen molar-refractivity contribution >= 4 is 22.1 Å². The predicted molar refractivity (Wildman–Crippen MR) is 78.3 cm³/mol. The molecule has 0 radical (unpaired) electrons. The molecule has 0 atom stereocenters. The Morgan fingerprint density at radius 3 is 2.67 bits per heavy atom. The molecule has 1 saturated heterocycles. The fourth-order valence-electron chi connectivity index (χ4n) is 2.74. The normalized spacial score (nSPS) is 15.4. The molecule has 2 aromatic carbocycles. The minimum Gasteiger partial charge on any atom is -0.378 e. The molecule has 0 bridgehead atoms. The summed E-state index contributed by atoms with van der Waals surface area (Å²) in [5.74, 6) is -0.315. The smallest absolute Gasteiger partial charge is 0.277 e. The zero-order chi connectivity index (χ0) is 15.0. The van der Waals surface area contributed by atoms with Gasteiger partial charge in [-0.3, -0.25) is 10.1 Å². The Balaban J connectivity index is 2.23.